The lowest BCUT2D eigenvalue weighted by Crippen LogP contribution is -2.45. The van der Waals surface area contributed by atoms with Crippen molar-refractivity contribution in [1.29, 1.82) is 0 Å². The van der Waals surface area contributed by atoms with Gasteiger partial charge in [-0.25, -0.2) is 17.9 Å². The summed E-state index contributed by atoms with van der Waals surface area (Å²) in [6.45, 7) is 0. The molecule has 1 aliphatic carbocycles. The van der Waals surface area contributed by atoms with Gasteiger partial charge in [-0.2, -0.15) is 0 Å². The number of sulfonamides is 1. The maximum absolute atomic E-state index is 12.1. The average Bonchev–Trinajstić information content (AvgIpc) is 2.50. The molecule has 1 aromatic carbocycles. The van der Waals surface area contributed by atoms with E-state index in [1.54, 1.807) is 12.1 Å². The van der Waals surface area contributed by atoms with Crippen molar-refractivity contribution in [2.45, 2.75) is 48.4 Å². The van der Waals surface area contributed by atoms with Crippen molar-refractivity contribution in [2.24, 2.45) is 0 Å². The second kappa shape index (κ2) is 7.79. The van der Waals surface area contributed by atoms with Gasteiger partial charge in [-0.3, -0.25) is 0 Å². The van der Waals surface area contributed by atoms with E-state index in [1.165, 1.54) is 12.1 Å². The van der Waals surface area contributed by atoms with Gasteiger partial charge in [0.1, 0.15) is 6.29 Å². The Kier molecular flexibility index (Phi) is 6.01. The van der Waals surface area contributed by atoms with Gasteiger partial charge in [0.15, 0.2) is 0 Å². The summed E-state index contributed by atoms with van der Waals surface area (Å²) in [5, 5.41) is 2.79. The number of carbonyl (C=O) groups is 2. The van der Waals surface area contributed by atoms with Gasteiger partial charge in [0.25, 0.3) is 10.0 Å². The third-order valence-electron chi connectivity index (χ3n) is 3.77. The molecule has 0 unspecified atom stereocenters. The fraction of sp³-hybridized carbons (Fsp3) is 0.467. The van der Waals surface area contributed by atoms with Crippen LogP contribution in [0.25, 0.3) is 0 Å². The van der Waals surface area contributed by atoms with E-state index < -0.39 is 16.1 Å². The van der Waals surface area contributed by atoms with Crippen molar-refractivity contribution < 1.29 is 18.0 Å². The quantitative estimate of drug-likeness (QED) is 0.621. The Hall–Kier alpha value is -1.60. The summed E-state index contributed by atoms with van der Waals surface area (Å²) in [6, 6.07) is 5.03. The first-order chi connectivity index (χ1) is 10.9. The number of alkyl halides is 1. The van der Waals surface area contributed by atoms with Crippen molar-refractivity contribution >= 4 is 33.9 Å². The SMILES string of the molecule is O=CCc1ccc(S(=O)(=O)NC(=O)NC2CCC(Cl)CC2)cc1. The molecule has 0 atom stereocenters. The molecule has 23 heavy (non-hydrogen) atoms. The fourth-order valence-electron chi connectivity index (χ4n) is 2.49. The van der Waals surface area contributed by atoms with Crippen LogP contribution in [0.3, 0.4) is 0 Å². The lowest BCUT2D eigenvalue weighted by atomic mass is 9.95. The minimum absolute atomic E-state index is 0.0215. The second-order valence-electron chi connectivity index (χ2n) is 5.54. The Bertz CT molecular complexity index is 653. The van der Waals surface area contributed by atoms with Crippen LogP contribution in [0, 0.1) is 0 Å². The summed E-state index contributed by atoms with van der Waals surface area (Å²) in [4.78, 5) is 22.3. The molecular formula is C15H19ClN2O4S. The molecule has 126 valence electrons. The molecule has 1 saturated carbocycles. The smallest absolute Gasteiger partial charge is 0.328 e. The molecule has 0 bridgehead atoms. The van der Waals surface area contributed by atoms with Crippen molar-refractivity contribution in [1.82, 2.24) is 10.0 Å². The first kappa shape index (κ1) is 17.7. The molecule has 1 fully saturated rings. The minimum atomic E-state index is -3.93. The van der Waals surface area contributed by atoms with E-state index in [0.717, 1.165) is 32.0 Å². The highest BCUT2D eigenvalue weighted by Crippen LogP contribution is 2.22. The lowest BCUT2D eigenvalue weighted by Gasteiger charge is -2.25. The summed E-state index contributed by atoms with van der Waals surface area (Å²) in [7, 11) is -3.93. The van der Waals surface area contributed by atoms with Crippen molar-refractivity contribution in [3.63, 3.8) is 0 Å². The van der Waals surface area contributed by atoms with Crippen LogP contribution < -0.4 is 10.0 Å². The van der Waals surface area contributed by atoms with Crippen LogP contribution in [-0.2, 0) is 21.2 Å². The summed E-state index contributed by atoms with van der Waals surface area (Å²) in [6.07, 6.45) is 4.04. The third kappa shape index (κ3) is 5.21. The van der Waals surface area contributed by atoms with E-state index in [-0.39, 0.29) is 22.7 Å². The summed E-state index contributed by atoms with van der Waals surface area (Å²) in [5.41, 5.74) is 0.709. The van der Waals surface area contributed by atoms with Gasteiger partial charge < -0.3 is 10.1 Å². The molecule has 0 aliphatic heterocycles. The van der Waals surface area contributed by atoms with E-state index in [1.807, 2.05) is 4.72 Å². The lowest BCUT2D eigenvalue weighted by molar-refractivity contribution is -0.107. The Labute approximate surface area is 140 Å². The second-order valence-corrected chi connectivity index (χ2v) is 7.84. The maximum Gasteiger partial charge on any atom is 0.328 e. The molecule has 2 rings (SSSR count). The summed E-state index contributed by atoms with van der Waals surface area (Å²) >= 11 is 5.99. The molecule has 0 spiro atoms. The highest BCUT2D eigenvalue weighted by Gasteiger charge is 2.23. The van der Waals surface area contributed by atoms with Crippen molar-refractivity contribution in [3.8, 4) is 0 Å². The number of urea groups is 1. The van der Waals surface area contributed by atoms with Crippen molar-refractivity contribution in [3.05, 3.63) is 29.8 Å². The number of hydrogen-bond acceptors (Lipinski definition) is 4. The average molecular weight is 359 g/mol. The third-order valence-corrected chi connectivity index (χ3v) is 5.56. The zero-order valence-corrected chi connectivity index (χ0v) is 14.1. The number of amides is 2. The molecule has 0 aromatic heterocycles. The van der Waals surface area contributed by atoms with Gasteiger partial charge in [-0.1, -0.05) is 12.1 Å². The zero-order chi connectivity index (χ0) is 16.9. The Morgan fingerprint density at radius 3 is 2.35 bits per heavy atom. The monoisotopic (exact) mass is 358 g/mol. The number of benzene rings is 1. The van der Waals surface area contributed by atoms with E-state index in [0.29, 0.717) is 5.56 Å². The van der Waals surface area contributed by atoms with Gasteiger partial charge >= 0.3 is 6.03 Å². The van der Waals surface area contributed by atoms with Gasteiger partial charge in [0.05, 0.1) is 4.90 Å². The highest BCUT2D eigenvalue weighted by molar-refractivity contribution is 7.90. The molecule has 0 radical (unpaired) electrons. The first-order valence-corrected chi connectivity index (χ1v) is 9.32. The van der Waals surface area contributed by atoms with Gasteiger partial charge in [-0.05, 0) is 43.4 Å². The molecule has 8 heteroatoms. The standard InChI is InChI=1S/C15H19ClN2O4S/c16-12-3-5-13(6-4-12)17-15(20)18-23(21,22)14-7-1-11(2-8-14)9-10-19/h1-2,7-8,10,12-13H,3-6,9H2,(H2,17,18,20). The van der Waals surface area contributed by atoms with Crippen LogP contribution in [0.2, 0.25) is 0 Å². The zero-order valence-electron chi connectivity index (χ0n) is 12.5. The van der Waals surface area contributed by atoms with Gasteiger partial charge in [0.2, 0.25) is 0 Å². The van der Waals surface area contributed by atoms with Crippen molar-refractivity contribution in [2.75, 3.05) is 0 Å². The molecule has 2 N–H and O–H groups in total. The largest absolute Gasteiger partial charge is 0.335 e. The number of carbonyl (C=O) groups excluding carboxylic acids is 2. The van der Waals surface area contributed by atoms with Crippen LogP contribution in [0.4, 0.5) is 4.79 Å². The normalized spacial score (nSPS) is 21.4. The van der Waals surface area contributed by atoms with Crippen LogP contribution in [0.5, 0.6) is 0 Å². The number of aldehydes is 1. The number of hydrogen-bond donors (Lipinski definition) is 2. The summed E-state index contributed by atoms with van der Waals surface area (Å²) < 4.78 is 26.3. The van der Waals surface area contributed by atoms with E-state index in [2.05, 4.69) is 5.32 Å². The molecule has 6 nitrogen and oxygen atoms in total. The Balaban J connectivity index is 1.94. The number of rotatable bonds is 5. The first-order valence-electron chi connectivity index (χ1n) is 7.40. The summed E-state index contributed by atoms with van der Waals surface area (Å²) in [5.74, 6) is 0. The van der Waals surface area contributed by atoms with E-state index in [4.69, 9.17) is 11.6 Å². The Morgan fingerprint density at radius 1 is 1.17 bits per heavy atom. The number of halogens is 1. The van der Waals surface area contributed by atoms with E-state index >= 15 is 0 Å². The molecule has 0 saturated heterocycles. The highest BCUT2D eigenvalue weighted by atomic mass is 35.5. The predicted octanol–water partition coefficient (Wildman–Crippen LogP) is 1.97. The van der Waals surface area contributed by atoms with Gasteiger partial charge in [0, 0.05) is 17.8 Å². The van der Waals surface area contributed by atoms with Crippen LogP contribution in [-0.4, -0.2) is 32.2 Å². The minimum Gasteiger partial charge on any atom is -0.335 e. The molecule has 0 heterocycles. The predicted molar refractivity (Wildman–Crippen MR) is 87.0 cm³/mol. The fourth-order valence-corrected chi connectivity index (χ4v) is 3.66. The van der Waals surface area contributed by atoms with Crippen LogP contribution in [0.1, 0.15) is 31.2 Å². The molecular weight excluding hydrogens is 340 g/mol. The number of nitrogens with one attached hydrogen (secondary N) is 2. The van der Waals surface area contributed by atoms with E-state index in [9.17, 15) is 18.0 Å². The van der Waals surface area contributed by atoms with Crippen LogP contribution >= 0.6 is 11.6 Å². The molecule has 1 aliphatic rings. The van der Waals surface area contributed by atoms with Crippen LogP contribution in [0.15, 0.2) is 29.2 Å². The van der Waals surface area contributed by atoms with Gasteiger partial charge in [-0.15, -0.1) is 11.6 Å². The maximum atomic E-state index is 12.1. The Morgan fingerprint density at radius 2 is 1.78 bits per heavy atom. The topological polar surface area (TPSA) is 92.3 Å². The molecule has 2 amide bonds. The molecule has 1 aromatic rings.